The fourth-order valence-corrected chi connectivity index (χ4v) is 3.22. The molecule has 0 radical (unpaired) electrons. The minimum Gasteiger partial charge on any atom is -0.493 e. The number of fused-ring (bicyclic) bond motifs is 1. The monoisotopic (exact) mass is 442 g/mol. The molecule has 6 nitrogen and oxygen atoms in total. The lowest BCUT2D eigenvalue weighted by molar-refractivity contribution is -0.120. The zero-order valence-electron chi connectivity index (χ0n) is 17.6. The second-order valence-corrected chi connectivity index (χ2v) is 7.03. The van der Waals surface area contributed by atoms with Crippen LogP contribution in [0.1, 0.15) is 22.3 Å². The fraction of sp³-hybridized carbons (Fsp3) is 0.250. The summed E-state index contributed by atoms with van der Waals surface area (Å²) in [5.41, 5.74) is 1.34. The average molecular weight is 442 g/mol. The first-order chi connectivity index (χ1) is 15.5. The average Bonchev–Trinajstić information content (AvgIpc) is 2.79. The molecular formula is C24H24F2N2O4. The molecule has 0 atom stereocenters. The van der Waals surface area contributed by atoms with Gasteiger partial charge in [-0.25, -0.2) is 0 Å². The summed E-state index contributed by atoms with van der Waals surface area (Å²) in [5.74, 6) is -0.279. The van der Waals surface area contributed by atoms with Crippen LogP contribution in [-0.2, 0) is 11.2 Å². The maximum atomic E-state index is 12.4. The molecule has 0 unspecified atom stereocenters. The van der Waals surface area contributed by atoms with Crippen LogP contribution in [0.2, 0.25) is 0 Å². The molecule has 0 spiro atoms. The maximum absolute atomic E-state index is 12.4. The summed E-state index contributed by atoms with van der Waals surface area (Å²) < 4.78 is 34.2. The van der Waals surface area contributed by atoms with Crippen molar-refractivity contribution in [2.45, 2.75) is 19.5 Å². The number of ether oxygens (including phenoxy) is 2. The van der Waals surface area contributed by atoms with E-state index in [0.29, 0.717) is 18.5 Å². The number of alkyl halides is 2. The van der Waals surface area contributed by atoms with Crippen LogP contribution < -0.4 is 20.1 Å². The SMILES string of the molecule is COc1cc(CCNC(=O)CCNC(=O)c2ccc3ccccc3c2)ccc1OC(F)F. The van der Waals surface area contributed by atoms with Crippen LogP contribution in [-0.4, -0.2) is 38.6 Å². The third-order valence-corrected chi connectivity index (χ3v) is 4.83. The largest absolute Gasteiger partial charge is 0.493 e. The Morgan fingerprint density at radius 3 is 2.44 bits per heavy atom. The number of hydrogen-bond donors (Lipinski definition) is 2. The van der Waals surface area contributed by atoms with Crippen molar-refractivity contribution in [3.63, 3.8) is 0 Å². The molecule has 2 amide bonds. The van der Waals surface area contributed by atoms with Gasteiger partial charge >= 0.3 is 6.61 Å². The van der Waals surface area contributed by atoms with Gasteiger partial charge in [0, 0.05) is 25.1 Å². The van der Waals surface area contributed by atoms with Gasteiger partial charge in [-0.2, -0.15) is 8.78 Å². The molecule has 168 valence electrons. The van der Waals surface area contributed by atoms with Crippen molar-refractivity contribution >= 4 is 22.6 Å². The molecule has 32 heavy (non-hydrogen) atoms. The van der Waals surface area contributed by atoms with E-state index in [1.165, 1.54) is 13.2 Å². The lowest BCUT2D eigenvalue weighted by Gasteiger charge is -2.12. The van der Waals surface area contributed by atoms with E-state index >= 15 is 0 Å². The molecule has 0 bridgehead atoms. The number of rotatable bonds is 10. The van der Waals surface area contributed by atoms with Gasteiger partial charge in [0.2, 0.25) is 5.91 Å². The van der Waals surface area contributed by atoms with Crippen LogP contribution in [0.15, 0.2) is 60.7 Å². The smallest absolute Gasteiger partial charge is 0.387 e. The van der Waals surface area contributed by atoms with E-state index in [1.54, 1.807) is 18.2 Å². The number of hydrogen-bond acceptors (Lipinski definition) is 4. The van der Waals surface area contributed by atoms with E-state index < -0.39 is 6.61 Å². The first-order valence-corrected chi connectivity index (χ1v) is 10.1. The number of nitrogens with one attached hydrogen (secondary N) is 2. The third-order valence-electron chi connectivity index (χ3n) is 4.83. The predicted octanol–water partition coefficient (Wildman–Crippen LogP) is 3.93. The molecule has 0 saturated carbocycles. The molecule has 3 aromatic rings. The van der Waals surface area contributed by atoms with Crippen molar-refractivity contribution in [3.05, 3.63) is 71.8 Å². The molecule has 0 aliphatic rings. The lowest BCUT2D eigenvalue weighted by Crippen LogP contribution is -2.31. The Morgan fingerprint density at radius 2 is 1.69 bits per heavy atom. The Hall–Kier alpha value is -3.68. The van der Waals surface area contributed by atoms with Crippen LogP contribution in [0.25, 0.3) is 10.8 Å². The lowest BCUT2D eigenvalue weighted by atomic mass is 10.1. The Balaban J connectivity index is 1.41. The van der Waals surface area contributed by atoms with Crippen molar-refractivity contribution < 1.29 is 27.8 Å². The summed E-state index contributed by atoms with van der Waals surface area (Å²) in [4.78, 5) is 24.3. The summed E-state index contributed by atoms with van der Waals surface area (Å²) >= 11 is 0. The first-order valence-electron chi connectivity index (χ1n) is 10.1. The van der Waals surface area contributed by atoms with Gasteiger partial charge in [-0.15, -0.1) is 0 Å². The molecule has 3 aromatic carbocycles. The van der Waals surface area contributed by atoms with Gasteiger partial charge in [-0.05, 0) is 47.0 Å². The Labute approximate surface area is 184 Å². The number of methoxy groups -OCH3 is 1. The summed E-state index contributed by atoms with van der Waals surface area (Å²) in [6.07, 6.45) is 0.629. The summed E-state index contributed by atoms with van der Waals surface area (Å²) in [6.45, 7) is -2.36. The molecule has 3 rings (SSSR count). The van der Waals surface area contributed by atoms with Crippen molar-refractivity contribution in [1.82, 2.24) is 10.6 Å². The molecule has 0 aliphatic heterocycles. The first kappa shape index (κ1) is 23.0. The summed E-state index contributed by atoms with van der Waals surface area (Å²) in [6, 6.07) is 17.9. The van der Waals surface area contributed by atoms with Crippen LogP contribution in [0.3, 0.4) is 0 Å². The molecule has 0 aliphatic carbocycles. The topological polar surface area (TPSA) is 76.7 Å². The second-order valence-electron chi connectivity index (χ2n) is 7.03. The van der Waals surface area contributed by atoms with Crippen LogP contribution >= 0.6 is 0 Å². The highest BCUT2D eigenvalue weighted by Crippen LogP contribution is 2.29. The standard InChI is InChI=1S/C24H24F2N2O4/c1-31-21-14-16(6-9-20(21)32-24(25)26)10-12-27-22(29)11-13-28-23(30)19-8-7-17-4-2-3-5-18(17)15-19/h2-9,14-15,24H,10-13H2,1H3,(H,27,29)(H,28,30). The summed E-state index contributed by atoms with van der Waals surface area (Å²) in [5, 5.41) is 7.55. The molecule has 0 saturated heterocycles. The number of carbonyl (C=O) groups excluding carboxylic acids is 2. The van der Waals surface area contributed by atoms with E-state index in [2.05, 4.69) is 15.4 Å². The number of carbonyl (C=O) groups is 2. The van der Waals surface area contributed by atoms with E-state index in [9.17, 15) is 18.4 Å². The minimum atomic E-state index is -2.93. The minimum absolute atomic E-state index is 0.0440. The molecule has 2 N–H and O–H groups in total. The van der Waals surface area contributed by atoms with Crippen molar-refractivity contribution in [3.8, 4) is 11.5 Å². The van der Waals surface area contributed by atoms with Crippen molar-refractivity contribution in [2.24, 2.45) is 0 Å². The van der Waals surface area contributed by atoms with E-state index in [-0.39, 0.29) is 36.3 Å². The Morgan fingerprint density at radius 1 is 0.906 bits per heavy atom. The van der Waals surface area contributed by atoms with Gasteiger partial charge in [-0.3, -0.25) is 9.59 Å². The van der Waals surface area contributed by atoms with Gasteiger partial charge in [0.05, 0.1) is 7.11 Å². The number of benzene rings is 3. The van der Waals surface area contributed by atoms with Gasteiger partial charge in [0.25, 0.3) is 5.91 Å². The Kier molecular flexibility index (Phi) is 7.96. The summed E-state index contributed by atoms with van der Waals surface area (Å²) in [7, 11) is 1.37. The van der Waals surface area contributed by atoms with Crippen LogP contribution in [0.5, 0.6) is 11.5 Å². The highest BCUT2D eigenvalue weighted by molar-refractivity contribution is 5.98. The Bertz CT molecular complexity index is 1090. The third kappa shape index (κ3) is 6.41. The fourth-order valence-electron chi connectivity index (χ4n) is 3.22. The quantitative estimate of drug-likeness (QED) is 0.499. The highest BCUT2D eigenvalue weighted by Gasteiger charge is 2.11. The van der Waals surface area contributed by atoms with Crippen molar-refractivity contribution in [1.29, 1.82) is 0 Å². The molecule has 0 heterocycles. The van der Waals surface area contributed by atoms with Gasteiger partial charge in [-0.1, -0.05) is 36.4 Å². The van der Waals surface area contributed by atoms with Gasteiger partial charge in [0.1, 0.15) is 0 Å². The molecule has 8 heteroatoms. The maximum Gasteiger partial charge on any atom is 0.387 e. The van der Waals surface area contributed by atoms with Crippen LogP contribution in [0.4, 0.5) is 8.78 Å². The van der Waals surface area contributed by atoms with E-state index in [0.717, 1.165) is 16.3 Å². The van der Waals surface area contributed by atoms with E-state index in [1.807, 2.05) is 36.4 Å². The zero-order chi connectivity index (χ0) is 22.9. The normalized spacial score (nSPS) is 10.8. The number of halogens is 2. The van der Waals surface area contributed by atoms with E-state index in [4.69, 9.17) is 4.74 Å². The van der Waals surface area contributed by atoms with Crippen molar-refractivity contribution in [2.75, 3.05) is 20.2 Å². The van der Waals surface area contributed by atoms with Gasteiger partial charge < -0.3 is 20.1 Å². The zero-order valence-corrected chi connectivity index (χ0v) is 17.6. The molecular weight excluding hydrogens is 418 g/mol. The predicted molar refractivity (Wildman–Crippen MR) is 117 cm³/mol. The highest BCUT2D eigenvalue weighted by atomic mass is 19.3. The molecule has 0 aromatic heterocycles. The van der Waals surface area contributed by atoms with Crippen LogP contribution in [0, 0.1) is 0 Å². The number of amides is 2. The molecule has 0 fully saturated rings. The van der Waals surface area contributed by atoms with Gasteiger partial charge in [0.15, 0.2) is 11.5 Å². The second kappa shape index (κ2) is 11.1.